The Bertz CT molecular complexity index is 74.5. The molecule has 0 bridgehead atoms. The van der Waals surface area contributed by atoms with Crippen molar-refractivity contribution in [1.29, 1.82) is 0 Å². The molecule has 0 aromatic carbocycles. The fourth-order valence-electron chi connectivity index (χ4n) is 0.934. The minimum atomic E-state index is 1.36. The van der Waals surface area contributed by atoms with E-state index in [4.69, 9.17) is 0 Å². The molecule has 1 aliphatic heterocycles. The van der Waals surface area contributed by atoms with Crippen molar-refractivity contribution in [1.82, 2.24) is 0 Å². The normalized spacial score (nSPS) is 23.2. The Morgan fingerprint density at radius 1 is 1.38 bits per heavy atom. The van der Waals surface area contributed by atoms with Crippen LogP contribution in [-0.4, -0.2) is 31.2 Å². The highest BCUT2D eigenvalue weighted by molar-refractivity contribution is 4.51. The van der Waals surface area contributed by atoms with Crippen LogP contribution in [0.3, 0.4) is 0 Å². The highest BCUT2D eigenvalue weighted by atomic mass is 15.4. The third-order valence-corrected chi connectivity index (χ3v) is 2.04. The van der Waals surface area contributed by atoms with Crippen LogP contribution in [0.5, 0.6) is 0 Å². The molecule has 0 unspecified atom stereocenters. The summed E-state index contributed by atoms with van der Waals surface area (Å²) in [5, 5.41) is 0. The largest absolute Gasteiger partial charge is 0.317 e. The average molecular weight is 114 g/mol. The molecule has 0 spiro atoms. The van der Waals surface area contributed by atoms with Gasteiger partial charge >= 0.3 is 0 Å². The number of rotatable bonds is 3. The SMILES string of the molecule is CCCC[N+]1(C)CC1. The second-order valence-electron chi connectivity index (χ2n) is 3.14. The number of hydrogen-bond acceptors (Lipinski definition) is 0. The van der Waals surface area contributed by atoms with E-state index in [2.05, 4.69) is 14.0 Å². The number of hydrogen-bond donors (Lipinski definition) is 0. The zero-order chi connectivity index (χ0) is 6.04. The zero-order valence-corrected chi connectivity index (χ0v) is 5.98. The second-order valence-corrected chi connectivity index (χ2v) is 3.14. The lowest BCUT2D eigenvalue weighted by Crippen LogP contribution is -2.20. The van der Waals surface area contributed by atoms with Crippen molar-refractivity contribution in [3.8, 4) is 0 Å². The predicted molar refractivity (Wildman–Crippen MR) is 35.7 cm³/mol. The van der Waals surface area contributed by atoms with Gasteiger partial charge in [-0.25, -0.2) is 0 Å². The smallest absolute Gasteiger partial charge is 0.128 e. The molecule has 1 heterocycles. The third kappa shape index (κ3) is 1.48. The van der Waals surface area contributed by atoms with Crippen LogP contribution < -0.4 is 0 Å². The summed E-state index contributed by atoms with van der Waals surface area (Å²) in [7, 11) is 2.34. The van der Waals surface area contributed by atoms with Gasteiger partial charge in [0.05, 0.1) is 13.6 Å². The Kier molecular flexibility index (Phi) is 1.57. The van der Waals surface area contributed by atoms with Gasteiger partial charge in [-0.15, -0.1) is 0 Å². The molecule has 48 valence electrons. The second kappa shape index (κ2) is 2.06. The van der Waals surface area contributed by atoms with Gasteiger partial charge in [0.2, 0.25) is 0 Å². The molecular weight excluding hydrogens is 98.1 g/mol. The summed E-state index contributed by atoms with van der Waals surface area (Å²) in [6.45, 7) is 6.53. The highest BCUT2D eigenvalue weighted by Crippen LogP contribution is 2.16. The minimum Gasteiger partial charge on any atom is -0.317 e. The first-order chi connectivity index (χ1) is 3.77. The molecule has 1 heteroatoms. The van der Waals surface area contributed by atoms with Crippen molar-refractivity contribution < 1.29 is 4.48 Å². The molecule has 1 nitrogen and oxygen atoms in total. The first-order valence-electron chi connectivity index (χ1n) is 3.60. The molecule has 0 atom stereocenters. The fraction of sp³-hybridized carbons (Fsp3) is 1.00. The molecule has 1 aliphatic rings. The van der Waals surface area contributed by atoms with E-state index >= 15 is 0 Å². The van der Waals surface area contributed by atoms with Crippen molar-refractivity contribution in [3.05, 3.63) is 0 Å². The first kappa shape index (κ1) is 6.09. The minimum absolute atomic E-state index is 1.36. The van der Waals surface area contributed by atoms with Crippen molar-refractivity contribution >= 4 is 0 Å². The molecule has 0 aromatic heterocycles. The molecule has 0 amide bonds. The Morgan fingerprint density at radius 3 is 2.38 bits per heavy atom. The van der Waals surface area contributed by atoms with Crippen molar-refractivity contribution in [2.24, 2.45) is 0 Å². The third-order valence-electron chi connectivity index (χ3n) is 2.04. The van der Waals surface area contributed by atoms with Gasteiger partial charge in [-0.1, -0.05) is 13.3 Å². The highest BCUT2D eigenvalue weighted by Gasteiger charge is 2.35. The van der Waals surface area contributed by atoms with Crippen molar-refractivity contribution in [2.45, 2.75) is 19.8 Å². The molecule has 0 aliphatic carbocycles. The van der Waals surface area contributed by atoms with Gasteiger partial charge in [0.25, 0.3) is 0 Å². The van der Waals surface area contributed by atoms with Crippen LogP contribution in [0.1, 0.15) is 19.8 Å². The lowest BCUT2D eigenvalue weighted by atomic mass is 10.3. The summed E-state index contributed by atoms with van der Waals surface area (Å²) in [4.78, 5) is 0. The van der Waals surface area contributed by atoms with Crippen LogP contribution in [-0.2, 0) is 0 Å². The summed E-state index contributed by atoms with van der Waals surface area (Å²) in [5.74, 6) is 0. The van der Waals surface area contributed by atoms with Gasteiger partial charge in [0.15, 0.2) is 0 Å². The predicted octanol–water partition coefficient (Wildman–Crippen LogP) is 1.25. The number of quaternary nitrogens is 1. The summed E-state index contributed by atoms with van der Waals surface area (Å²) in [6, 6.07) is 0. The Hall–Kier alpha value is -0.0400. The van der Waals surface area contributed by atoms with Crippen LogP contribution in [0.15, 0.2) is 0 Å². The Balaban J connectivity index is 2.01. The molecule has 8 heavy (non-hydrogen) atoms. The maximum atomic E-state index is 2.34. The maximum absolute atomic E-state index is 2.34. The number of nitrogens with zero attached hydrogens (tertiary/aromatic N) is 1. The van der Waals surface area contributed by atoms with E-state index in [9.17, 15) is 0 Å². The van der Waals surface area contributed by atoms with E-state index in [1.807, 2.05) is 0 Å². The van der Waals surface area contributed by atoms with Crippen LogP contribution in [0.25, 0.3) is 0 Å². The zero-order valence-electron chi connectivity index (χ0n) is 5.98. The lowest BCUT2D eigenvalue weighted by Gasteiger charge is -2.08. The maximum Gasteiger partial charge on any atom is 0.128 e. The molecule has 0 aromatic rings. The molecule has 1 rings (SSSR count). The van der Waals surface area contributed by atoms with Gasteiger partial charge in [-0.05, 0) is 6.42 Å². The standard InChI is InChI=1S/C7H16N/c1-3-4-5-8(2)6-7-8/h3-7H2,1-2H3/q+1. The van der Waals surface area contributed by atoms with Crippen molar-refractivity contribution in [3.63, 3.8) is 0 Å². The van der Waals surface area contributed by atoms with Gasteiger partial charge in [-0.2, -0.15) is 0 Å². The van der Waals surface area contributed by atoms with E-state index in [0.717, 1.165) is 0 Å². The number of likely N-dealkylation sites (N-methyl/N-ethyl adjacent to an activating group) is 1. The molecule has 1 fully saturated rings. The summed E-state index contributed by atoms with van der Waals surface area (Å²) in [5.41, 5.74) is 0. The van der Waals surface area contributed by atoms with Gasteiger partial charge < -0.3 is 4.48 Å². The summed E-state index contributed by atoms with van der Waals surface area (Å²) in [6.07, 6.45) is 2.77. The number of unbranched alkanes of at least 4 members (excludes halogenated alkanes) is 1. The van der Waals surface area contributed by atoms with E-state index < -0.39 is 0 Å². The van der Waals surface area contributed by atoms with E-state index in [-0.39, 0.29) is 0 Å². The van der Waals surface area contributed by atoms with E-state index in [1.54, 1.807) is 0 Å². The average Bonchev–Trinajstić information content (AvgIpc) is 2.45. The topological polar surface area (TPSA) is 0 Å². The monoisotopic (exact) mass is 114 g/mol. The molecule has 0 N–H and O–H groups in total. The van der Waals surface area contributed by atoms with Crippen LogP contribution >= 0.6 is 0 Å². The Morgan fingerprint density at radius 2 is 2.00 bits per heavy atom. The lowest BCUT2D eigenvalue weighted by molar-refractivity contribution is -0.777. The van der Waals surface area contributed by atoms with Crippen LogP contribution in [0, 0.1) is 0 Å². The van der Waals surface area contributed by atoms with Gasteiger partial charge in [0.1, 0.15) is 13.1 Å². The quantitative estimate of drug-likeness (QED) is 0.382. The van der Waals surface area contributed by atoms with E-state index in [1.165, 1.54) is 37.0 Å². The fourth-order valence-corrected chi connectivity index (χ4v) is 0.934. The molecule has 1 saturated heterocycles. The van der Waals surface area contributed by atoms with Crippen LogP contribution in [0.4, 0.5) is 0 Å². The summed E-state index contributed by atoms with van der Waals surface area (Å²) >= 11 is 0. The van der Waals surface area contributed by atoms with Crippen molar-refractivity contribution in [2.75, 3.05) is 26.7 Å². The van der Waals surface area contributed by atoms with Gasteiger partial charge in [-0.3, -0.25) is 0 Å². The molecule has 0 saturated carbocycles. The molecular formula is C7H16N+. The Labute approximate surface area is 51.9 Å². The van der Waals surface area contributed by atoms with Crippen LogP contribution in [0.2, 0.25) is 0 Å². The van der Waals surface area contributed by atoms with Gasteiger partial charge in [0, 0.05) is 0 Å². The van der Waals surface area contributed by atoms with E-state index in [0.29, 0.717) is 0 Å². The first-order valence-corrected chi connectivity index (χ1v) is 3.60. The molecule has 0 radical (unpaired) electrons. The summed E-state index contributed by atoms with van der Waals surface area (Å²) < 4.78 is 1.36.